The summed E-state index contributed by atoms with van der Waals surface area (Å²) in [4.78, 5) is 64.7. The highest BCUT2D eigenvalue weighted by Crippen LogP contribution is 2.65. The van der Waals surface area contributed by atoms with E-state index in [1.165, 1.54) is 5.57 Å². The van der Waals surface area contributed by atoms with Gasteiger partial charge in [0.2, 0.25) is 0 Å². The summed E-state index contributed by atoms with van der Waals surface area (Å²) in [5.41, 5.74) is 1.39. The van der Waals surface area contributed by atoms with Crippen molar-refractivity contribution in [3.63, 3.8) is 0 Å². The van der Waals surface area contributed by atoms with Crippen LogP contribution in [0.3, 0.4) is 0 Å². The molecule has 1 saturated heterocycles. The number of allylic oxidation sites excluding steroid dienone is 1. The van der Waals surface area contributed by atoms with Crippen LogP contribution in [0.1, 0.15) is 90.9 Å². The predicted molar refractivity (Wildman–Crippen MR) is 123 cm³/mol. The fourth-order valence-corrected chi connectivity index (χ4v) is 7.93. The minimum atomic E-state index is -0.785. The summed E-state index contributed by atoms with van der Waals surface area (Å²) < 4.78 is 5.92. The van der Waals surface area contributed by atoms with Crippen molar-refractivity contribution in [2.24, 2.45) is 28.6 Å². The first-order chi connectivity index (χ1) is 16.6. The standard InChI is InChI=1S/C27H35NO7/c1-26-13-11-17(29)15-16(26)3-4-18-19-5-6-21(27(19,2)14-12-20(18)26)34-24(32)9-10-25(33)35-28-22(30)7-8-23(28)31/h15,18-21H,3-14H2,1-2H3. The third-order valence-electron chi connectivity index (χ3n) is 9.88. The molecule has 5 rings (SSSR count). The second-order valence-corrected chi connectivity index (χ2v) is 11.6. The van der Waals surface area contributed by atoms with Crippen molar-refractivity contribution in [3.8, 4) is 0 Å². The first-order valence-corrected chi connectivity index (χ1v) is 13.1. The third kappa shape index (κ3) is 4.12. The Kier molecular flexibility index (Phi) is 6.12. The Balaban J connectivity index is 1.18. The Morgan fingerprint density at radius 3 is 2.34 bits per heavy atom. The predicted octanol–water partition coefficient (Wildman–Crippen LogP) is 3.82. The van der Waals surface area contributed by atoms with Gasteiger partial charge in [-0.2, -0.15) is 0 Å². The molecule has 0 radical (unpaired) electrons. The molecule has 0 aromatic heterocycles. The van der Waals surface area contributed by atoms with Crippen LogP contribution < -0.4 is 0 Å². The molecule has 3 saturated carbocycles. The highest BCUT2D eigenvalue weighted by Gasteiger charge is 2.60. The van der Waals surface area contributed by atoms with Gasteiger partial charge in [0, 0.05) is 24.7 Å². The fourth-order valence-electron chi connectivity index (χ4n) is 7.93. The second kappa shape index (κ2) is 8.86. The van der Waals surface area contributed by atoms with Gasteiger partial charge < -0.3 is 9.57 Å². The smallest absolute Gasteiger partial charge is 0.333 e. The quantitative estimate of drug-likeness (QED) is 0.430. The molecule has 2 amide bonds. The van der Waals surface area contributed by atoms with E-state index >= 15 is 0 Å². The van der Waals surface area contributed by atoms with Crippen molar-refractivity contribution in [1.29, 1.82) is 0 Å². The van der Waals surface area contributed by atoms with Crippen molar-refractivity contribution in [1.82, 2.24) is 5.06 Å². The molecule has 8 heteroatoms. The van der Waals surface area contributed by atoms with Crippen molar-refractivity contribution < 1.29 is 33.5 Å². The number of carbonyl (C=O) groups excluding carboxylic acids is 5. The molecule has 1 aliphatic heterocycles. The molecule has 35 heavy (non-hydrogen) atoms. The molecule has 6 atom stereocenters. The van der Waals surface area contributed by atoms with Crippen molar-refractivity contribution in [3.05, 3.63) is 11.6 Å². The highest BCUT2D eigenvalue weighted by molar-refractivity contribution is 6.01. The van der Waals surface area contributed by atoms with Crippen LogP contribution in [0.25, 0.3) is 0 Å². The Hall–Kier alpha value is -2.51. The molecule has 4 aliphatic carbocycles. The summed E-state index contributed by atoms with van der Waals surface area (Å²) in [6.45, 7) is 4.62. The normalized spacial score (nSPS) is 38.4. The molecule has 8 nitrogen and oxygen atoms in total. The average Bonchev–Trinajstić information content (AvgIpc) is 3.31. The van der Waals surface area contributed by atoms with Gasteiger partial charge in [0.05, 0.1) is 12.8 Å². The molecular weight excluding hydrogens is 450 g/mol. The Morgan fingerprint density at radius 1 is 0.886 bits per heavy atom. The number of ketones is 1. The number of ether oxygens (including phenoxy) is 1. The van der Waals surface area contributed by atoms with Gasteiger partial charge in [-0.15, -0.1) is 5.06 Å². The molecule has 190 valence electrons. The van der Waals surface area contributed by atoms with Gasteiger partial charge in [-0.25, -0.2) is 4.79 Å². The van der Waals surface area contributed by atoms with Crippen LogP contribution in [0.2, 0.25) is 0 Å². The van der Waals surface area contributed by atoms with E-state index in [2.05, 4.69) is 13.8 Å². The van der Waals surface area contributed by atoms with E-state index in [0.717, 1.165) is 44.9 Å². The fraction of sp³-hybridized carbons (Fsp3) is 0.741. The van der Waals surface area contributed by atoms with E-state index in [4.69, 9.17) is 9.57 Å². The maximum absolute atomic E-state index is 12.6. The molecule has 0 bridgehead atoms. The van der Waals surface area contributed by atoms with E-state index in [-0.39, 0.29) is 48.4 Å². The number of fused-ring (bicyclic) bond motifs is 5. The van der Waals surface area contributed by atoms with Crippen LogP contribution in [0, 0.1) is 28.6 Å². The number of hydrogen-bond acceptors (Lipinski definition) is 7. The Morgan fingerprint density at radius 2 is 1.60 bits per heavy atom. The minimum Gasteiger partial charge on any atom is -0.462 e. The van der Waals surface area contributed by atoms with E-state index in [9.17, 15) is 24.0 Å². The van der Waals surface area contributed by atoms with Crippen molar-refractivity contribution >= 4 is 29.5 Å². The lowest BCUT2D eigenvalue weighted by molar-refractivity contribution is -0.197. The lowest BCUT2D eigenvalue weighted by Gasteiger charge is -2.57. The van der Waals surface area contributed by atoms with Gasteiger partial charge in [-0.1, -0.05) is 19.4 Å². The van der Waals surface area contributed by atoms with Crippen LogP contribution in [-0.2, 0) is 33.5 Å². The van der Waals surface area contributed by atoms with Gasteiger partial charge in [-0.3, -0.25) is 19.2 Å². The van der Waals surface area contributed by atoms with Crippen LogP contribution in [0.5, 0.6) is 0 Å². The van der Waals surface area contributed by atoms with Gasteiger partial charge in [-0.05, 0) is 74.2 Å². The molecule has 4 fully saturated rings. The van der Waals surface area contributed by atoms with Gasteiger partial charge in [0.15, 0.2) is 5.78 Å². The summed E-state index contributed by atoms with van der Waals surface area (Å²) in [7, 11) is 0. The first-order valence-electron chi connectivity index (χ1n) is 13.1. The summed E-state index contributed by atoms with van der Waals surface area (Å²) in [5.74, 6) is -0.379. The van der Waals surface area contributed by atoms with Crippen LogP contribution in [0.15, 0.2) is 11.6 Å². The average molecular weight is 486 g/mol. The number of imide groups is 1. The number of amides is 2. The number of hydrogen-bond donors (Lipinski definition) is 0. The largest absolute Gasteiger partial charge is 0.462 e. The molecule has 5 aliphatic rings. The Labute approximate surface area is 205 Å². The van der Waals surface area contributed by atoms with E-state index in [1.54, 1.807) is 0 Å². The molecule has 0 aromatic rings. The van der Waals surface area contributed by atoms with E-state index in [1.807, 2.05) is 6.08 Å². The van der Waals surface area contributed by atoms with Crippen molar-refractivity contribution in [2.75, 3.05) is 0 Å². The summed E-state index contributed by atoms with van der Waals surface area (Å²) in [5, 5.41) is 0.502. The van der Waals surface area contributed by atoms with E-state index < -0.39 is 23.8 Å². The molecule has 6 unspecified atom stereocenters. The monoisotopic (exact) mass is 485 g/mol. The number of hydroxylamine groups is 2. The topological polar surface area (TPSA) is 107 Å². The summed E-state index contributed by atoms with van der Waals surface area (Å²) in [6.07, 6.45) is 9.07. The van der Waals surface area contributed by atoms with Crippen molar-refractivity contribution in [2.45, 2.75) is 97.0 Å². The molecule has 0 N–H and O–H groups in total. The first kappa shape index (κ1) is 24.2. The third-order valence-corrected chi connectivity index (χ3v) is 9.88. The number of esters is 1. The lowest BCUT2D eigenvalue weighted by atomic mass is 9.47. The summed E-state index contributed by atoms with van der Waals surface area (Å²) in [6, 6.07) is 0. The van der Waals surface area contributed by atoms with Gasteiger partial charge in [0.25, 0.3) is 11.8 Å². The lowest BCUT2D eigenvalue weighted by Crippen LogP contribution is -2.51. The number of carbonyl (C=O) groups is 5. The van der Waals surface area contributed by atoms with Crippen LogP contribution in [-0.4, -0.2) is 40.7 Å². The number of nitrogens with zero attached hydrogens (tertiary/aromatic N) is 1. The molecule has 0 aromatic carbocycles. The van der Waals surface area contributed by atoms with Crippen LogP contribution >= 0.6 is 0 Å². The minimum absolute atomic E-state index is 0.0340. The Bertz CT molecular complexity index is 985. The molecule has 0 spiro atoms. The maximum atomic E-state index is 12.6. The molecule has 1 heterocycles. The second-order valence-electron chi connectivity index (χ2n) is 11.6. The van der Waals surface area contributed by atoms with Gasteiger partial charge >= 0.3 is 11.9 Å². The molecular formula is C27H35NO7. The maximum Gasteiger partial charge on any atom is 0.333 e. The van der Waals surface area contributed by atoms with Crippen LogP contribution in [0.4, 0.5) is 0 Å². The SMILES string of the molecule is CC12CCC(=O)C=C1CCC1C2CCC2(C)C(OC(=O)CCC(=O)ON3C(=O)CCC3=O)CCC12. The summed E-state index contributed by atoms with van der Waals surface area (Å²) >= 11 is 0. The highest BCUT2D eigenvalue weighted by atomic mass is 16.7. The zero-order valence-electron chi connectivity index (χ0n) is 20.7. The zero-order valence-corrected chi connectivity index (χ0v) is 20.7. The number of rotatable bonds is 5. The van der Waals surface area contributed by atoms with Gasteiger partial charge in [0.1, 0.15) is 6.10 Å². The zero-order chi connectivity index (χ0) is 25.0. The van der Waals surface area contributed by atoms with E-state index in [0.29, 0.717) is 29.2 Å².